The van der Waals surface area contributed by atoms with Gasteiger partial charge in [-0.25, -0.2) is 0 Å². The van der Waals surface area contributed by atoms with Crippen LogP contribution in [0.5, 0.6) is 0 Å². The molecule has 0 aromatic rings. The summed E-state index contributed by atoms with van der Waals surface area (Å²) in [4.78, 5) is 0. The van der Waals surface area contributed by atoms with E-state index < -0.39 is 24.8 Å². The highest BCUT2D eigenvalue weighted by atomic mass is 16.5. The van der Waals surface area contributed by atoms with E-state index in [2.05, 4.69) is 36.5 Å². The first kappa shape index (κ1) is 27.2. The summed E-state index contributed by atoms with van der Waals surface area (Å²) in [5.74, 6) is 0. The van der Waals surface area contributed by atoms with Gasteiger partial charge in [-0.2, -0.15) is 0 Å². The minimum Gasteiger partial charge on any atom is -0.379 e. The summed E-state index contributed by atoms with van der Waals surface area (Å²) in [6.07, 6.45) is 17.4. The first-order chi connectivity index (χ1) is 13.5. The molecule has 0 fully saturated rings. The average Bonchev–Trinajstić information content (AvgIpc) is 2.64. The Morgan fingerprint density at radius 2 is 1.29 bits per heavy atom. The van der Waals surface area contributed by atoms with E-state index in [4.69, 9.17) is 20.4 Å². The summed E-state index contributed by atoms with van der Waals surface area (Å²) in [5, 5.41) is 48.6. The first-order valence-electron chi connectivity index (χ1n) is 10.9. The van der Waals surface area contributed by atoms with Gasteiger partial charge in [0.05, 0.1) is 6.04 Å². The van der Waals surface area contributed by atoms with Crippen LogP contribution in [0, 0.1) is 0 Å². The average molecular weight is 402 g/mol. The molecule has 0 aromatic carbocycles. The molecule has 0 aliphatic carbocycles. The lowest BCUT2D eigenvalue weighted by Gasteiger charge is -2.24. The maximum atomic E-state index is 9.87. The normalized spacial score (nSPS) is 14.7. The third kappa shape index (κ3) is 18.6. The van der Waals surface area contributed by atoms with Crippen molar-refractivity contribution in [2.75, 3.05) is 0 Å². The van der Waals surface area contributed by atoms with E-state index in [9.17, 15) is 5.11 Å². The smallest absolute Gasteiger partial charge is 0.167 e. The van der Waals surface area contributed by atoms with Crippen molar-refractivity contribution in [1.29, 1.82) is 0 Å². The molecule has 0 rings (SSSR count). The van der Waals surface area contributed by atoms with Crippen LogP contribution >= 0.6 is 0 Å². The molecule has 2 unspecified atom stereocenters. The van der Waals surface area contributed by atoms with Gasteiger partial charge in [-0.1, -0.05) is 63.3 Å². The van der Waals surface area contributed by atoms with Gasteiger partial charge in [0.25, 0.3) is 0 Å². The lowest BCUT2D eigenvalue weighted by molar-refractivity contribution is -0.116. The van der Waals surface area contributed by atoms with Crippen LogP contribution in [0.4, 0.5) is 0 Å². The highest BCUT2D eigenvalue weighted by Crippen LogP contribution is 2.10. The van der Waals surface area contributed by atoms with E-state index >= 15 is 0 Å². The van der Waals surface area contributed by atoms with Crippen molar-refractivity contribution in [3.63, 3.8) is 0 Å². The third-order valence-corrected chi connectivity index (χ3v) is 4.66. The molecule has 0 saturated carbocycles. The van der Waals surface area contributed by atoms with E-state index in [1.54, 1.807) is 0 Å². The highest BCUT2D eigenvalue weighted by molar-refractivity contribution is 4.92. The Labute approximate surface area is 171 Å². The topological polar surface area (TPSA) is 113 Å². The summed E-state index contributed by atoms with van der Waals surface area (Å²) >= 11 is 0. The maximum absolute atomic E-state index is 9.87. The number of allylic oxidation sites excluding steroid dienone is 4. The second kappa shape index (κ2) is 19.6. The molecule has 0 bridgehead atoms. The highest BCUT2D eigenvalue weighted by Gasteiger charge is 2.21. The zero-order valence-electron chi connectivity index (χ0n) is 17.5. The Hall–Kier alpha value is -0.760. The van der Waals surface area contributed by atoms with Gasteiger partial charge in [0, 0.05) is 6.42 Å². The number of aliphatic hydroxyl groups excluding tert-OH is 3. The molecule has 0 aromatic heterocycles. The van der Waals surface area contributed by atoms with Crippen molar-refractivity contribution in [2.24, 2.45) is 0 Å². The van der Waals surface area contributed by atoms with Crippen molar-refractivity contribution in [3.05, 3.63) is 24.3 Å². The van der Waals surface area contributed by atoms with E-state index in [0.29, 0.717) is 6.42 Å². The molecular weight excluding hydrogens is 358 g/mol. The fourth-order valence-corrected chi connectivity index (χ4v) is 2.98. The largest absolute Gasteiger partial charge is 0.379 e. The summed E-state index contributed by atoms with van der Waals surface area (Å²) in [7, 11) is 0. The molecule has 0 radical (unpaired) electrons. The minimum absolute atomic E-state index is 0.253. The summed E-state index contributed by atoms with van der Waals surface area (Å²) < 4.78 is 0. The molecule has 0 heterocycles. The van der Waals surface area contributed by atoms with Gasteiger partial charge in [0.15, 0.2) is 12.6 Å². The number of hydrogen-bond acceptors (Lipinski definition) is 6. The van der Waals surface area contributed by atoms with Crippen LogP contribution in [-0.2, 0) is 0 Å². The molecule has 0 spiro atoms. The Kier molecular flexibility index (Phi) is 19.0. The van der Waals surface area contributed by atoms with Crippen LogP contribution < -0.4 is 5.32 Å². The lowest BCUT2D eigenvalue weighted by Crippen LogP contribution is -2.47. The second-order valence-electron chi connectivity index (χ2n) is 7.44. The fourth-order valence-electron chi connectivity index (χ4n) is 2.98. The number of hydrogen-bond donors (Lipinski definition) is 6. The van der Waals surface area contributed by atoms with Gasteiger partial charge < -0.3 is 25.5 Å². The van der Waals surface area contributed by atoms with Crippen LogP contribution in [0.2, 0.25) is 0 Å². The molecule has 0 aliphatic heterocycles. The van der Waals surface area contributed by atoms with Gasteiger partial charge in [-0.05, 0) is 44.9 Å². The maximum Gasteiger partial charge on any atom is 0.167 e. The summed E-state index contributed by atoms with van der Waals surface area (Å²) in [5.41, 5.74) is 0. The molecular formula is C22H43NO5. The number of rotatable bonds is 19. The van der Waals surface area contributed by atoms with Crippen LogP contribution in [0.15, 0.2) is 24.3 Å². The minimum atomic E-state index is -1.75. The SMILES string of the molecule is CCCCCC=CCC=CCCCCCCCC(O)NC(CC(O)O)C(O)O. The Balaban J connectivity index is 3.54. The summed E-state index contributed by atoms with van der Waals surface area (Å²) in [6.45, 7) is 2.22. The van der Waals surface area contributed by atoms with Gasteiger partial charge >= 0.3 is 0 Å². The first-order valence-corrected chi connectivity index (χ1v) is 10.9. The second-order valence-corrected chi connectivity index (χ2v) is 7.44. The zero-order valence-corrected chi connectivity index (χ0v) is 17.5. The predicted molar refractivity (Wildman–Crippen MR) is 113 cm³/mol. The number of aliphatic hydroxyl groups is 5. The monoisotopic (exact) mass is 401 g/mol. The molecule has 0 aliphatic rings. The van der Waals surface area contributed by atoms with E-state index in [-0.39, 0.29) is 6.42 Å². The van der Waals surface area contributed by atoms with Crippen LogP contribution in [0.1, 0.15) is 90.4 Å². The predicted octanol–water partition coefficient (Wildman–Crippen LogP) is 3.09. The van der Waals surface area contributed by atoms with Crippen molar-refractivity contribution < 1.29 is 25.5 Å². The number of nitrogens with one attached hydrogen (secondary N) is 1. The molecule has 0 amide bonds. The van der Waals surface area contributed by atoms with E-state index in [1.165, 1.54) is 32.1 Å². The lowest BCUT2D eigenvalue weighted by atomic mass is 10.1. The van der Waals surface area contributed by atoms with E-state index in [0.717, 1.165) is 38.5 Å². The Morgan fingerprint density at radius 1 is 0.714 bits per heavy atom. The molecule has 6 N–H and O–H groups in total. The molecule has 0 saturated heterocycles. The standard InChI is InChI=1S/C22H43NO5/c1-2-3-4-5-6-7-8-9-10-11-12-13-14-15-16-17-20(24)23-19(22(27)28)18-21(25)26/h6-7,9-10,19-28H,2-5,8,11-18H2,1H3. The van der Waals surface area contributed by atoms with E-state index in [1.807, 2.05) is 0 Å². The molecule has 6 heteroatoms. The Bertz CT molecular complexity index is 385. The summed E-state index contributed by atoms with van der Waals surface area (Å²) in [6, 6.07) is -0.965. The molecule has 166 valence electrons. The van der Waals surface area contributed by atoms with Crippen molar-refractivity contribution in [1.82, 2.24) is 5.32 Å². The fraction of sp³-hybridized carbons (Fsp3) is 0.818. The number of unbranched alkanes of at least 4 members (excludes halogenated alkanes) is 8. The third-order valence-electron chi connectivity index (χ3n) is 4.66. The quantitative estimate of drug-likeness (QED) is 0.113. The van der Waals surface area contributed by atoms with Crippen LogP contribution in [0.25, 0.3) is 0 Å². The zero-order chi connectivity index (χ0) is 21.0. The van der Waals surface area contributed by atoms with Crippen molar-refractivity contribution in [3.8, 4) is 0 Å². The van der Waals surface area contributed by atoms with Gasteiger partial charge in [-0.15, -0.1) is 0 Å². The van der Waals surface area contributed by atoms with Crippen LogP contribution in [-0.4, -0.2) is 50.4 Å². The molecule has 6 nitrogen and oxygen atoms in total. The van der Waals surface area contributed by atoms with Gasteiger partial charge in [-0.3, -0.25) is 5.32 Å². The molecule has 28 heavy (non-hydrogen) atoms. The van der Waals surface area contributed by atoms with Crippen molar-refractivity contribution in [2.45, 2.75) is 115 Å². The van der Waals surface area contributed by atoms with Crippen LogP contribution in [0.3, 0.4) is 0 Å². The van der Waals surface area contributed by atoms with Gasteiger partial charge in [0.2, 0.25) is 0 Å². The Morgan fingerprint density at radius 3 is 1.86 bits per heavy atom. The van der Waals surface area contributed by atoms with Crippen molar-refractivity contribution >= 4 is 0 Å². The molecule has 2 atom stereocenters. The van der Waals surface area contributed by atoms with Gasteiger partial charge in [0.1, 0.15) is 6.23 Å².